The number of piperidine rings is 1. The number of ether oxygens (including phenoxy) is 1. The van der Waals surface area contributed by atoms with Crippen LogP contribution < -0.4 is 4.74 Å². The molecule has 0 aromatic heterocycles. The molecule has 0 saturated carbocycles. The second kappa shape index (κ2) is 6.46. The third kappa shape index (κ3) is 3.04. The van der Waals surface area contributed by atoms with Gasteiger partial charge in [0.15, 0.2) is 0 Å². The number of hydrogen-bond acceptors (Lipinski definition) is 3. The number of methoxy groups -OCH3 is 1. The summed E-state index contributed by atoms with van der Waals surface area (Å²) < 4.78 is 5.57. The molecule has 0 aliphatic carbocycles. The quantitative estimate of drug-likeness (QED) is 0.937. The molecule has 3 nitrogen and oxygen atoms in total. The maximum Gasteiger partial charge on any atom is 0.123 e. The van der Waals surface area contributed by atoms with E-state index in [4.69, 9.17) is 4.74 Å². The highest BCUT2D eigenvalue weighted by Crippen LogP contribution is 2.30. The lowest BCUT2D eigenvalue weighted by Gasteiger charge is -2.32. The van der Waals surface area contributed by atoms with Crippen LogP contribution in [0.15, 0.2) is 36.4 Å². The van der Waals surface area contributed by atoms with Gasteiger partial charge in [0, 0.05) is 25.3 Å². The van der Waals surface area contributed by atoms with Crippen molar-refractivity contribution >= 4 is 10.8 Å². The number of likely N-dealkylation sites (tertiary alicyclic amines) is 1. The Balaban J connectivity index is 1.91. The number of hydrogen-bond donors (Lipinski definition) is 1. The van der Waals surface area contributed by atoms with Crippen LogP contribution in [0.3, 0.4) is 0 Å². The Kier molecular flexibility index (Phi) is 4.42. The Hall–Kier alpha value is -1.58. The molecular weight excluding hydrogens is 262 g/mol. The van der Waals surface area contributed by atoms with Gasteiger partial charge < -0.3 is 9.84 Å². The van der Waals surface area contributed by atoms with Crippen LogP contribution in [-0.2, 0) is 6.54 Å². The Morgan fingerprint density at radius 2 is 2.10 bits per heavy atom. The molecule has 112 valence electrons. The predicted molar refractivity (Wildman–Crippen MR) is 85.6 cm³/mol. The summed E-state index contributed by atoms with van der Waals surface area (Å²) in [6.07, 6.45) is 2.30. The Labute approximate surface area is 126 Å². The van der Waals surface area contributed by atoms with E-state index in [1.54, 1.807) is 7.11 Å². The van der Waals surface area contributed by atoms with Gasteiger partial charge in [0.1, 0.15) is 5.75 Å². The van der Waals surface area contributed by atoms with E-state index in [9.17, 15) is 5.11 Å². The molecule has 1 atom stereocenters. The van der Waals surface area contributed by atoms with Gasteiger partial charge in [-0.25, -0.2) is 0 Å². The summed E-state index contributed by atoms with van der Waals surface area (Å²) in [6, 6.07) is 12.6. The smallest absolute Gasteiger partial charge is 0.123 e. The van der Waals surface area contributed by atoms with Gasteiger partial charge >= 0.3 is 0 Å². The zero-order chi connectivity index (χ0) is 14.7. The maximum absolute atomic E-state index is 9.40. The minimum atomic E-state index is 0.295. The summed E-state index contributed by atoms with van der Waals surface area (Å²) in [4.78, 5) is 2.44. The van der Waals surface area contributed by atoms with E-state index >= 15 is 0 Å². The maximum atomic E-state index is 9.40. The Bertz CT molecular complexity index is 611. The standard InChI is InChI=1S/C18H23NO2/c1-21-18-9-8-15-6-2-3-7-16(15)17(18)12-19-10-4-5-14(11-19)13-20/h2-3,6-9,14,20H,4-5,10-13H2,1H3/t14-/m0/s1. The third-order valence-electron chi connectivity index (χ3n) is 4.46. The van der Waals surface area contributed by atoms with Crippen molar-refractivity contribution in [3.05, 3.63) is 42.0 Å². The second-order valence-corrected chi connectivity index (χ2v) is 5.89. The summed E-state index contributed by atoms with van der Waals surface area (Å²) in [5, 5.41) is 11.9. The van der Waals surface area contributed by atoms with Gasteiger partial charge in [-0.3, -0.25) is 4.90 Å². The first-order chi connectivity index (χ1) is 10.3. The fourth-order valence-corrected chi connectivity index (χ4v) is 3.34. The zero-order valence-electron chi connectivity index (χ0n) is 12.6. The molecule has 0 spiro atoms. The van der Waals surface area contributed by atoms with Gasteiger partial charge in [-0.15, -0.1) is 0 Å². The lowest BCUT2D eigenvalue weighted by molar-refractivity contribution is 0.115. The molecule has 3 heteroatoms. The van der Waals surface area contributed by atoms with Crippen LogP contribution in [0, 0.1) is 5.92 Å². The van der Waals surface area contributed by atoms with E-state index in [0.29, 0.717) is 12.5 Å². The van der Waals surface area contributed by atoms with Crippen molar-refractivity contribution in [2.45, 2.75) is 19.4 Å². The van der Waals surface area contributed by atoms with Crippen molar-refractivity contribution in [3.63, 3.8) is 0 Å². The summed E-state index contributed by atoms with van der Waals surface area (Å²) in [5.41, 5.74) is 1.26. The summed E-state index contributed by atoms with van der Waals surface area (Å²) in [5.74, 6) is 1.37. The van der Waals surface area contributed by atoms with Gasteiger partial charge in [0.05, 0.1) is 7.11 Å². The molecule has 0 unspecified atom stereocenters. The van der Waals surface area contributed by atoms with Crippen LogP contribution in [0.2, 0.25) is 0 Å². The van der Waals surface area contributed by atoms with Crippen LogP contribution in [0.25, 0.3) is 10.8 Å². The Morgan fingerprint density at radius 1 is 1.24 bits per heavy atom. The fraction of sp³-hybridized carbons (Fsp3) is 0.444. The molecule has 1 N–H and O–H groups in total. The van der Waals surface area contributed by atoms with Crippen molar-refractivity contribution in [3.8, 4) is 5.75 Å². The number of rotatable bonds is 4. The van der Waals surface area contributed by atoms with Crippen LogP contribution in [0.4, 0.5) is 0 Å². The minimum absolute atomic E-state index is 0.295. The number of benzene rings is 2. The molecule has 2 aromatic rings. The number of aliphatic hydroxyl groups is 1. The predicted octanol–water partition coefficient (Wildman–Crippen LogP) is 3.05. The molecule has 0 amide bonds. The van der Waals surface area contributed by atoms with Crippen LogP contribution in [0.1, 0.15) is 18.4 Å². The molecule has 1 fully saturated rings. The highest BCUT2D eigenvalue weighted by molar-refractivity contribution is 5.87. The molecule has 21 heavy (non-hydrogen) atoms. The second-order valence-electron chi connectivity index (χ2n) is 5.89. The lowest BCUT2D eigenvalue weighted by Crippen LogP contribution is -2.36. The minimum Gasteiger partial charge on any atom is -0.496 e. The van der Waals surface area contributed by atoms with E-state index in [1.165, 1.54) is 16.3 Å². The van der Waals surface area contributed by atoms with E-state index in [2.05, 4.69) is 41.3 Å². The molecule has 1 aliphatic heterocycles. The average molecular weight is 285 g/mol. The average Bonchev–Trinajstić information content (AvgIpc) is 2.55. The van der Waals surface area contributed by atoms with Crippen molar-refractivity contribution in [2.24, 2.45) is 5.92 Å². The van der Waals surface area contributed by atoms with Gasteiger partial charge in [0.25, 0.3) is 0 Å². The molecule has 1 saturated heterocycles. The molecular formula is C18H23NO2. The van der Waals surface area contributed by atoms with Crippen LogP contribution >= 0.6 is 0 Å². The Morgan fingerprint density at radius 3 is 2.90 bits per heavy atom. The highest BCUT2D eigenvalue weighted by Gasteiger charge is 2.21. The van der Waals surface area contributed by atoms with E-state index in [0.717, 1.165) is 38.2 Å². The number of nitrogens with zero attached hydrogens (tertiary/aromatic N) is 1. The van der Waals surface area contributed by atoms with Gasteiger partial charge in [-0.2, -0.15) is 0 Å². The van der Waals surface area contributed by atoms with Crippen LogP contribution in [0.5, 0.6) is 5.75 Å². The highest BCUT2D eigenvalue weighted by atomic mass is 16.5. The molecule has 3 rings (SSSR count). The number of aliphatic hydroxyl groups excluding tert-OH is 1. The van der Waals surface area contributed by atoms with Gasteiger partial charge in [-0.05, 0) is 42.1 Å². The monoisotopic (exact) mass is 285 g/mol. The molecule has 1 aliphatic rings. The largest absolute Gasteiger partial charge is 0.496 e. The third-order valence-corrected chi connectivity index (χ3v) is 4.46. The van der Waals surface area contributed by atoms with E-state index < -0.39 is 0 Å². The zero-order valence-corrected chi connectivity index (χ0v) is 12.6. The summed E-state index contributed by atoms with van der Waals surface area (Å²) in [6.45, 7) is 3.26. The fourth-order valence-electron chi connectivity index (χ4n) is 3.34. The normalized spacial score (nSPS) is 19.8. The van der Waals surface area contributed by atoms with E-state index in [-0.39, 0.29) is 0 Å². The first-order valence-electron chi connectivity index (χ1n) is 7.69. The molecule has 2 aromatic carbocycles. The van der Waals surface area contributed by atoms with E-state index in [1.807, 2.05) is 0 Å². The van der Waals surface area contributed by atoms with Gasteiger partial charge in [-0.1, -0.05) is 30.3 Å². The van der Waals surface area contributed by atoms with Crippen molar-refractivity contribution in [1.29, 1.82) is 0 Å². The summed E-state index contributed by atoms with van der Waals surface area (Å²) in [7, 11) is 1.74. The first-order valence-corrected chi connectivity index (χ1v) is 7.69. The molecule has 0 bridgehead atoms. The summed E-state index contributed by atoms with van der Waals surface area (Å²) >= 11 is 0. The molecule has 0 radical (unpaired) electrons. The number of fused-ring (bicyclic) bond motifs is 1. The molecule has 1 heterocycles. The first kappa shape index (κ1) is 14.4. The van der Waals surface area contributed by atoms with Gasteiger partial charge in [0.2, 0.25) is 0 Å². The van der Waals surface area contributed by atoms with Crippen molar-refractivity contribution < 1.29 is 9.84 Å². The van der Waals surface area contributed by atoms with Crippen molar-refractivity contribution in [2.75, 3.05) is 26.8 Å². The SMILES string of the molecule is COc1ccc2ccccc2c1CN1CCC[C@H](CO)C1. The van der Waals surface area contributed by atoms with Crippen LogP contribution in [-0.4, -0.2) is 36.8 Å². The lowest BCUT2D eigenvalue weighted by atomic mass is 9.97. The van der Waals surface area contributed by atoms with Crippen molar-refractivity contribution in [1.82, 2.24) is 4.90 Å². The topological polar surface area (TPSA) is 32.7 Å².